The minimum atomic E-state index is 0.614. The highest BCUT2D eigenvalue weighted by atomic mass is 32.1. The van der Waals surface area contributed by atoms with Crippen LogP contribution in [-0.4, -0.2) is 19.5 Å². The summed E-state index contributed by atoms with van der Waals surface area (Å²) < 4.78 is 5.06. The Morgan fingerprint density at radius 1 is 0.306 bits per heavy atom. The van der Waals surface area contributed by atoms with E-state index >= 15 is 0 Å². The fourth-order valence-electron chi connectivity index (χ4n) is 8.98. The SMILES string of the molecule is c1ccc(-c2nc(-c3ccccc3)nc(-c3ccc(-n4c5ccccc5c5ccc(-c6cccc7c6sc6ccccc67)cc54)c(-c4ccccc4-c4ccccc4)c3)n2)cc1. The van der Waals surface area contributed by atoms with Crippen molar-refractivity contribution in [1.82, 2.24) is 19.5 Å². The predicted molar refractivity (Wildman–Crippen MR) is 260 cm³/mol. The zero-order valence-corrected chi connectivity index (χ0v) is 34.3. The second kappa shape index (κ2) is 14.9. The van der Waals surface area contributed by atoms with Crippen molar-refractivity contribution in [3.05, 3.63) is 218 Å². The van der Waals surface area contributed by atoms with Gasteiger partial charge in [0.15, 0.2) is 17.5 Å². The summed E-state index contributed by atoms with van der Waals surface area (Å²) in [6.07, 6.45) is 0. The van der Waals surface area contributed by atoms with Crippen molar-refractivity contribution in [3.8, 4) is 73.2 Å². The van der Waals surface area contributed by atoms with Gasteiger partial charge < -0.3 is 4.57 Å². The lowest BCUT2D eigenvalue weighted by atomic mass is 9.92. The Morgan fingerprint density at radius 2 is 0.839 bits per heavy atom. The molecule has 0 saturated heterocycles. The highest BCUT2D eigenvalue weighted by Crippen LogP contribution is 2.44. The molecule has 0 bridgehead atoms. The molecule has 9 aromatic carbocycles. The first kappa shape index (κ1) is 35.9. The summed E-state index contributed by atoms with van der Waals surface area (Å²) in [5, 5.41) is 5.01. The molecular weight excluding hydrogens is 773 g/mol. The number of rotatable bonds is 7. The molecular formula is C57H36N4S. The van der Waals surface area contributed by atoms with Crippen molar-refractivity contribution in [3.63, 3.8) is 0 Å². The molecule has 290 valence electrons. The standard InChI is InChI=1S/C57H36N4S/c1-4-17-37(18-5-1)42-23-10-11-24-44(42)49-35-41(57-59-55(38-19-6-2-7-20-38)58-56(60-57)39-21-8-3-9-22-39)32-34-51(49)61-50-29-14-12-25-45(50)46-33-31-40(36-52(46)61)43-27-16-28-48-47-26-13-15-30-53(47)62-54(43)48/h1-36H. The molecule has 12 aromatic rings. The van der Waals surface area contributed by atoms with Crippen LogP contribution < -0.4 is 0 Å². The van der Waals surface area contributed by atoms with E-state index in [9.17, 15) is 0 Å². The largest absolute Gasteiger partial charge is 0.309 e. The predicted octanol–water partition coefficient (Wildman–Crippen LogP) is 15.3. The lowest BCUT2D eigenvalue weighted by Gasteiger charge is -2.19. The van der Waals surface area contributed by atoms with Crippen LogP contribution in [0.2, 0.25) is 0 Å². The number of hydrogen-bond donors (Lipinski definition) is 0. The number of hydrogen-bond acceptors (Lipinski definition) is 4. The van der Waals surface area contributed by atoms with E-state index in [1.807, 2.05) is 47.7 Å². The Morgan fingerprint density at radius 3 is 1.56 bits per heavy atom. The average molecular weight is 809 g/mol. The van der Waals surface area contributed by atoms with Gasteiger partial charge in [0.25, 0.3) is 0 Å². The van der Waals surface area contributed by atoms with Crippen molar-refractivity contribution < 1.29 is 0 Å². The summed E-state index contributed by atoms with van der Waals surface area (Å²) in [5.41, 5.74) is 13.1. The maximum atomic E-state index is 5.16. The summed E-state index contributed by atoms with van der Waals surface area (Å²) in [5.74, 6) is 1.88. The van der Waals surface area contributed by atoms with Crippen LogP contribution in [0.25, 0.3) is 115 Å². The fourth-order valence-corrected chi connectivity index (χ4v) is 10.2. The van der Waals surface area contributed by atoms with E-state index in [0.29, 0.717) is 17.5 Å². The Labute approximate surface area is 362 Å². The minimum absolute atomic E-state index is 0.614. The van der Waals surface area contributed by atoms with Crippen LogP contribution in [-0.2, 0) is 0 Å². The zero-order valence-electron chi connectivity index (χ0n) is 33.5. The third kappa shape index (κ3) is 6.09. The molecule has 3 heterocycles. The third-order valence-corrected chi connectivity index (χ3v) is 13.1. The van der Waals surface area contributed by atoms with Gasteiger partial charge in [0.1, 0.15) is 0 Å². The Kier molecular flexibility index (Phi) is 8.65. The van der Waals surface area contributed by atoms with Gasteiger partial charge in [-0.25, -0.2) is 15.0 Å². The van der Waals surface area contributed by atoms with Crippen LogP contribution in [0.15, 0.2) is 218 Å². The van der Waals surface area contributed by atoms with Crippen LogP contribution in [0, 0.1) is 0 Å². The summed E-state index contributed by atoms with van der Waals surface area (Å²) >= 11 is 1.87. The first-order valence-electron chi connectivity index (χ1n) is 20.9. The Balaban J connectivity index is 1.13. The maximum Gasteiger partial charge on any atom is 0.164 e. The number of fused-ring (bicyclic) bond motifs is 6. The van der Waals surface area contributed by atoms with Gasteiger partial charge in [0, 0.05) is 53.2 Å². The first-order valence-corrected chi connectivity index (χ1v) is 21.7. The normalized spacial score (nSPS) is 11.5. The highest BCUT2D eigenvalue weighted by Gasteiger charge is 2.21. The van der Waals surface area contributed by atoms with Crippen molar-refractivity contribution >= 4 is 53.3 Å². The molecule has 62 heavy (non-hydrogen) atoms. The quantitative estimate of drug-likeness (QED) is 0.161. The Bertz CT molecular complexity index is 3570. The van der Waals surface area contributed by atoms with Crippen LogP contribution in [0.5, 0.6) is 0 Å². The topological polar surface area (TPSA) is 43.6 Å². The van der Waals surface area contributed by atoms with Crippen LogP contribution in [0.4, 0.5) is 0 Å². The van der Waals surface area contributed by atoms with Crippen LogP contribution in [0.3, 0.4) is 0 Å². The number of para-hydroxylation sites is 1. The highest BCUT2D eigenvalue weighted by molar-refractivity contribution is 7.26. The molecule has 0 spiro atoms. The molecule has 12 rings (SSSR count). The molecule has 0 N–H and O–H groups in total. The molecule has 0 radical (unpaired) electrons. The van der Waals surface area contributed by atoms with Crippen LogP contribution in [0.1, 0.15) is 0 Å². The molecule has 3 aromatic heterocycles. The van der Waals surface area contributed by atoms with E-state index in [0.717, 1.165) is 55.7 Å². The Hall–Kier alpha value is -7.99. The lowest BCUT2D eigenvalue weighted by molar-refractivity contribution is 1.07. The van der Waals surface area contributed by atoms with Crippen LogP contribution >= 0.6 is 11.3 Å². The minimum Gasteiger partial charge on any atom is -0.309 e. The van der Waals surface area contributed by atoms with Crippen molar-refractivity contribution in [2.75, 3.05) is 0 Å². The molecule has 0 atom stereocenters. The molecule has 5 heteroatoms. The van der Waals surface area contributed by atoms with E-state index in [1.165, 1.54) is 42.1 Å². The summed E-state index contributed by atoms with van der Waals surface area (Å²) in [7, 11) is 0. The fraction of sp³-hybridized carbons (Fsp3) is 0. The third-order valence-electron chi connectivity index (χ3n) is 11.9. The zero-order chi connectivity index (χ0) is 41.0. The molecule has 0 aliphatic rings. The molecule has 0 aliphatic carbocycles. The van der Waals surface area contributed by atoms with Gasteiger partial charge in [0.05, 0.1) is 16.7 Å². The van der Waals surface area contributed by atoms with E-state index in [-0.39, 0.29) is 0 Å². The van der Waals surface area contributed by atoms with Crippen molar-refractivity contribution in [2.24, 2.45) is 0 Å². The second-order valence-electron chi connectivity index (χ2n) is 15.5. The van der Waals surface area contributed by atoms with Gasteiger partial charge in [-0.15, -0.1) is 11.3 Å². The van der Waals surface area contributed by atoms with Crippen molar-refractivity contribution in [1.29, 1.82) is 0 Å². The van der Waals surface area contributed by atoms with E-state index < -0.39 is 0 Å². The molecule has 0 saturated carbocycles. The van der Waals surface area contributed by atoms with E-state index in [4.69, 9.17) is 15.0 Å². The molecule has 0 amide bonds. The number of benzene rings is 9. The lowest BCUT2D eigenvalue weighted by Crippen LogP contribution is -2.02. The average Bonchev–Trinajstić information content (AvgIpc) is 3.90. The van der Waals surface area contributed by atoms with Gasteiger partial charge in [0.2, 0.25) is 0 Å². The van der Waals surface area contributed by atoms with Gasteiger partial charge in [-0.05, 0) is 64.2 Å². The van der Waals surface area contributed by atoms with E-state index in [2.05, 4.69) is 187 Å². The monoisotopic (exact) mass is 808 g/mol. The molecule has 0 fully saturated rings. The smallest absolute Gasteiger partial charge is 0.164 e. The number of thiophene rings is 1. The van der Waals surface area contributed by atoms with Gasteiger partial charge >= 0.3 is 0 Å². The molecule has 4 nitrogen and oxygen atoms in total. The number of nitrogens with zero attached hydrogens (tertiary/aromatic N) is 4. The van der Waals surface area contributed by atoms with E-state index in [1.54, 1.807) is 0 Å². The van der Waals surface area contributed by atoms with Gasteiger partial charge in [-0.3, -0.25) is 0 Å². The maximum absolute atomic E-state index is 5.16. The molecule has 0 unspecified atom stereocenters. The van der Waals surface area contributed by atoms with Crippen molar-refractivity contribution in [2.45, 2.75) is 0 Å². The summed E-state index contributed by atoms with van der Waals surface area (Å²) in [4.78, 5) is 15.3. The van der Waals surface area contributed by atoms with Gasteiger partial charge in [-0.1, -0.05) is 182 Å². The number of aromatic nitrogens is 4. The summed E-state index contributed by atoms with van der Waals surface area (Å²) in [6, 6.07) is 77.6. The second-order valence-corrected chi connectivity index (χ2v) is 16.6. The first-order chi connectivity index (χ1) is 30.7. The summed E-state index contributed by atoms with van der Waals surface area (Å²) in [6.45, 7) is 0. The molecule has 0 aliphatic heterocycles. The van der Waals surface area contributed by atoms with Gasteiger partial charge in [-0.2, -0.15) is 0 Å².